The molecule has 1 aliphatic rings. The van der Waals surface area contributed by atoms with Crippen LogP contribution in [-0.4, -0.2) is 31.4 Å². The van der Waals surface area contributed by atoms with Crippen molar-refractivity contribution < 1.29 is 0 Å². The third kappa shape index (κ3) is 5.35. The van der Waals surface area contributed by atoms with Crippen molar-refractivity contribution in [2.24, 2.45) is 0 Å². The van der Waals surface area contributed by atoms with Crippen LogP contribution in [0.25, 0.3) is 11.3 Å². The van der Waals surface area contributed by atoms with E-state index >= 15 is 0 Å². The van der Waals surface area contributed by atoms with Gasteiger partial charge in [0.15, 0.2) is 0 Å². The summed E-state index contributed by atoms with van der Waals surface area (Å²) in [5.74, 6) is 1.60. The predicted octanol–water partition coefficient (Wildman–Crippen LogP) is 6.06. The zero-order valence-corrected chi connectivity index (χ0v) is 19.0. The summed E-state index contributed by atoms with van der Waals surface area (Å²) < 4.78 is 0. The Morgan fingerprint density at radius 3 is 2.67 bits per heavy atom. The SMILES string of the molecule is Clc1ccc(CN2CCCCC2c2nc(Nc3ccccc3)cc(-c3cccnc3)n2)nc1. The fraction of sp³-hybridized carbons (Fsp3) is 0.231. The van der Waals surface area contributed by atoms with Crippen molar-refractivity contribution in [3.63, 3.8) is 0 Å². The molecule has 6 nitrogen and oxygen atoms in total. The topological polar surface area (TPSA) is 66.8 Å². The minimum atomic E-state index is 0.115. The second kappa shape index (κ2) is 10.1. The van der Waals surface area contributed by atoms with Crippen LogP contribution in [0.2, 0.25) is 5.02 Å². The van der Waals surface area contributed by atoms with E-state index in [0.29, 0.717) is 5.02 Å². The lowest BCUT2D eigenvalue weighted by molar-refractivity contribution is 0.132. The third-order valence-corrected chi connectivity index (χ3v) is 6.04. The van der Waals surface area contributed by atoms with Crippen LogP contribution in [0, 0.1) is 0 Å². The van der Waals surface area contributed by atoms with Gasteiger partial charge in [0.1, 0.15) is 11.6 Å². The van der Waals surface area contributed by atoms with Crippen molar-refractivity contribution >= 4 is 23.1 Å². The summed E-state index contributed by atoms with van der Waals surface area (Å²) in [5.41, 5.74) is 3.82. The smallest absolute Gasteiger partial charge is 0.148 e. The van der Waals surface area contributed by atoms with Gasteiger partial charge in [-0.15, -0.1) is 0 Å². The maximum absolute atomic E-state index is 6.03. The van der Waals surface area contributed by atoms with Crippen LogP contribution in [0.4, 0.5) is 11.5 Å². The number of para-hydroxylation sites is 1. The van der Waals surface area contributed by atoms with E-state index in [0.717, 1.165) is 66.6 Å². The van der Waals surface area contributed by atoms with E-state index in [1.807, 2.05) is 66.9 Å². The summed E-state index contributed by atoms with van der Waals surface area (Å²) in [5, 5.41) is 4.10. The monoisotopic (exact) mass is 456 g/mol. The highest BCUT2D eigenvalue weighted by Crippen LogP contribution is 2.32. The van der Waals surface area contributed by atoms with Crippen molar-refractivity contribution in [3.8, 4) is 11.3 Å². The number of hydrogen-bond acceptors (Lipinski definition) is 6. The van der Waals surface area contributed by atoms with Crippen LogP contribution >= 0.6 is 11.6 Å². The highest BCUT2D eigenvalue weighted by molar-refractivity contribution is 6.30. The van der Waals surface area contributed by atoms with Gasteiger partial charge in [0, 0.05) is 42.5 Å². The summed E-state index contributed by atoms with van der Waals surface area (Å²) in [4.78, 5) is 21.2. The Bertz CT molecular complexity index is 1180. The summed E-state index contributed by atoms with van der Waals surface area (Å²) >= 11 is 6.03. The molecule has 0 radical (unpaired) electrons. The minimum absolute atomic E-state index is 0.115. The molecule has 1 aliphatic heterocycles. The number of aromatic nitrogens is 4. The van der Waals surface area contributed by atoms with E-state index < -0.39 is 0 Å². The average Bonchev–Trinajstić information content (AvgIpc) is 2.87. The molecule has 7 heteroatoms. The fourth-order valence-electron chi connectivity index (χ4n) is 4.19. The summed E-state index contributed by atoms with van der Waals surface area (Å²) in [6, 6.07) is 20.0. The summed E-state index contributed by atoms with van der Waals surface area (Å²) in [7, 11) is 0. The van der Waals surface area contributed by atoms with Gasteiger partial charge < -0.3 is 5.32 Å². The van der Waals surface area contributed by atoms with Gasteiger partial charge in [-0.3, -0.25) is 14.9 Å². The van der Waals surface area contributed by atoms with E-state index in [-0.39, 0.29) is 6.04 Å². The highest BCUT2D eigenvalue weighted by atomic mass is 35.5. The Balaban J connectivity index is 1.50. The molecular formula is C26H25ClN6. The van der Waals surface area contributed by atoms with Crippen molar-refractivity contribution in [2.75, 3.05) is 11.9 Å². The molecule has 1 unspecified atom stereocenters. The number of nitrogens with one attached hydrogen (secondary N) is 1. The van der Waals surface area contributed by atoms with Crippen molar-refractivity contribution in [2.45, 2.75) is 31.8 Å². The molecule has 1 N–H and O–H groups in total. The van der Waals surface area contributed by atoms with Crippen LogP contribution in [0.5, 0.6) is 0 Å². The molecule has 0 bridgehead atoms. The number of benzene rings is 1. The van der Waals surface area contributed by atoms with Crippen molar-refractivity contribution in [3.05, 3.63) is 95.8 Å². The number of anilines is 2. The van der Waals surface area contributed by atoms with E-state index in [9.17, 15) is 0 Å². The summed E-state index contributed by atoms with van der Waals surface area (Å²) in [6.45, 7) is 1.72. The quantitative estimate of drug-likeness (QED) is 0.380. The van der Waals surface area contributed by atoms with E-state index in [2.05, 4.69) is 20.2 Å². The van der Waals surface area contributed by atoms with Crippen LogP contribution in [-0.2, 0) is 6.54 Å². The third-order valence-electron chi connectivity index (χ3n) is 5.81. The number of rotatable bonds is 6. The fourth-order valence-corrected chi connectivity index (χ4v) is 4.30. The first-order valence-electron chi connectivity index (χ1n) is 11.2. The van der Waals surface area contributed by atoms with Crippen molar-refractivity contribution in [1.82, 2.24) is 24.8 Å². The lowest BCUT2D eigenvalue weighted by atomic mass is 10.0. The Morgan fingerprint density at radius 1 is 0.970 bits per heavy atom. The second-order valence-corrected chi connectivity index (χ2v) is 8.62. The van der Waals surface area contributed by atoms with E-state index in [1.165, 1.54) is 0 Å². The molecule has 4 heterocycles. The normalized spacial score (nSPS) is 16.5. The van der Waals surface area contributed by atoms with Gasteiger partial charge in [0.2, 0.25) is 0 Å². The van der Waals surface area contributed by atoms with Crippen LogP contribution < -0.4 is 5.32 Å². The average molecular weight is 457 g/mol. The Labute approximate surface area is 198 Å². The second-order valence-electron chi connectivity index (χ2n) is 8.18. The van der Waals surface area contributed by atoms with Gasteiger partial charge in [0.05, 0.1) is 22.5 Å². The molecule has 1 aromatic carbocycles. The van der Waals surface area contributed by atoms with Crippen LogP contribution in [0.1, 0.15) is 36.8 Å². The molecule has 1 atom stereocenters. The number of pyridine rings is 2. The highest BCUT2D eigenvalue weighted by Gasteiger charge is 2.27. The molecule has 1 saturated heterocycles. The van der Waals surface area contributed by atoms with Gasteiger partial charge in [-0.25, -0.2) is 9.97 Å². The molecule has 4 aromatic rings. The number of halogens is 1. The van der Waals surface area contributed by atoms with Crippen LogP contribution in [0.15, 0.2) is 79.3 Å². The summed E-state index contributed by atoms with van der Waals surface area (Å²) in [6.07, 6.45) is 8.64. The molecule has 5 rings (SSSR count). The minimum Gasteiger partial charge on any atom is -0.340 e. The molecule has 0 saturated carbocycles. The molecule has 0 aliphatic carbocycles. The molecule has 0 amide bonds. The number of likely N-dealkylation sites (tertiary alicyclic amines) is 1. The molecule has 33 heavy (non-hydrogen) atoms. The first-order chi connectivity index (χ1) is 16.2. The van der Waals surface area contributed by atoms with E-state index in [1.54, 1.807) is 12.4 Å². The molecule has 0 spiro atoms. The van der Waals surface area contributed by atoms with Crippen molar-refractivity contribution in [1.29, 1.82) is 0 Å². The Hall–Kier alpha value is -3.35. The molecule has 1 fully saturated rings. The maximum atomic E-state index is 6.03. The number of nitrogens with zero attached hydrogens (tertiary/aromatic N) is 5. The van der Waals surface area contributed by atoms with Gasteiger partial charge >= 0.3 is 0 Å². The van der Waals surface area contributed by atoms with Gasteiger partial charge in [-0.05, 0) is 55.8 Å². The van der Waals surface area contributed by atoms with Gasteiger partial charge in [0.25, 0.3) is 0 Å². The maximum Gasteiger partial charge on any atom is 0.148 e. The first kappa shape index (κ1) is 21.5. The number of piperidine rings is 1. The molecule has 3 aromatic heterocycles. The van der Waals surface area contributed by atoms with E-state index in [4.69, 9.17) is 21.6 Å². The Kier molecular flexibility index (Phi) is 6.56. The molecular weight excluding hydrogens is 432 g/mol. The number of hydrogen-bond donors (Lipinski definition) is 1. The van der Waals surface area contributed by atoms with Crippen LogP contribution in [0.3, 0.4) is 0 Å². The first-order valence-corrected chi connectivity index (χ1v) is 11.6. The standard InChI is InChI=1S/C26H25ClN6/c27-20-11-12-22(29-17-20)18-33-14-5-4-10-24(33)26-31-23(19-7-6-13-28-16-19)15-25(32-26)30-21-8-2-1-3-9-21/h1-3,6-9,11-13,15-17,24H,4-5,10,14,18H2,(H,30,31,32). The van der Waals surface area contributed by atoms with Gasteiger partial charge in [-0.1, -0.05) is 36.2 Å². The predicted molar refractivity (Wildman–Crippen MR) is 131 cm³/mol. The molecule has 166 valence electrons. The van der Waals surface area contributed by atoms with Gasteiger partial charge in [-0.2, -0.15) is 0 Å². The zero-order valence-electron chi connectivity index (χ0n) is 18.2. The lowest BCUT2D eigenvalue weighted by Crippen LogP contribution is -2.34. The largest absolute Gasteiger partial charge is 0.340 e. The lowest BCUT2D eigenvalue weighted by Gasteiger charge is -2.34. The Morgan fingerprint density at radius 2 is 1.88 bits per heavy atom. The zero-order chi connectivity index (χ0) is 22.5.